The van der Waals surface area contributed by atoms with Crippen molar-refractivity contribution in [2.75, 3.05) is 27.3 Å². The lowest BCUT2D eigenvalue weighted by atomic mass is 9.95. The molecule has 0 bridgehead atoms. The maximum absolute atomic E-state index is 13.6. The number of hydrogen-bond donors (Lipinski definition) is 0. The Bertz CT molecular complexity index is 1390. The molecule has 1 aliphatic rings. The Morgan fingerprint density at radius 3 is 2.41 bits per heavy atom. The molecule has 2 heterocycles. The van der Waals surface area contributed by atoms with Gasteiger partial charge in [-0.15, -0.1) is 0 Å². The third-order valence-corrected chi connectivity index (χ3v) is 6.61. The largest absolute Gasteiger partial charge is 0.497 e. The molecule has 0 atom stereocenters. The standard InChI is InChI=1S/C28H26N2O4/c1-33-22-10-9-19-15-21(8-7-20(19)16-22)26-17-24(23-5-3-4-6-25(23)29-26)27(31)30-13-11-18(12-14-30)28(32)34-2/h3-10,15-18H,11-14H2,1-2H3. The van der Waals surface area contributed by atoms with Crippen LogP contribution in [0.25, 0.3) is 32.9 Å². The zero-order valence-electron chi connectivity index (χ0n) is 19.3. The second-order valence-corrected chi connectivity index (χ2v) is 8.59. The third kappa shape index (κ3) is 4.07. The summed E-state index contributed by atoms with van der Waals surface area (Å²) in [5.74, 6) is 0.439. The highest BCUT2D eigenvalue weighted by Gasteiger charge is 2.29. The van der Waals surface area contributed by atoms with Crippen LogP contribution in [0.3, 0.4) is 0 Å². The maximum Gasteiger partial charge on any atom is 0.308 e. The average molecular weight is 455 g/mol. The normalized spacial score (nSPS) is 14.4. The van der Waals surface area contributed by atoms with Crippen LogP contribution >= 0.6 is 0 Å². The fourth-order valence-electron chi connectivity index (χ4n) is 4.67. The van der Waals surface area contributed by atoms with E-state index in [1.807, 2.05) is 65.6 Å². The van der Waals surface area contributed by atoms with Gasteiger partial charge in [0.15, 0.2) is 0 Å². The van der Waals surface area contributed by atoms with Gasteiger partial charge in [-0.1, -0.05) is 36.4 Å². The van der Waals surface area contributed by atoms with Crippen LogP contribution in [-0.4, -0.2) is 49.1 Å². The lowest BCUT2D eigenvalue weighted by molar-refractivity contribution is -0.146. The Balaban J connectivity index is 1.51. The van der Waals surface area contributed by atoms with E-state index < -0.39 is 0 Å². The topological polar surface area (TPSA) is 68.7 Å². The molecule has 0 N–H and O–H groups in total. The zero-order valence-corrected chi connectivity index (χ0v) is 19.3. The number of amides is 1. The van der Waals surface area contributed by atoms with Gasteiger partial charge in [0.1, 0.15) is 5.75 Å². The summed E-state index contributed by atoms with van der Waals surface area (Å²) < 4.78 is 10.2. The van der Waals surface area contributed by atoms with Gasteiger partial charge in [-0.25, -0.2) is 4.98 Å². The second-order valence-electron chi connectivity index (χ2n) is 8.59. The molecule has 1 aliphatic heterocycles. The first-order valence-corrected chi connectivity index (χ1v) is 11.4. The van der Waals surface area contributed by atoms with Gasteiger partial charge >= 0.3 is 5.97 Å². The van der Waals surface area contributed by atoms with Crippen LogP contribution in [0.4, 0.5) is 0 Å². The van der Waals surface area contributed by atoms with E-state index in [1.54, 1.807) is 7.11 Å². The molecule has 4 aromatic rings. The minimum Gasteiger partial charge on any atom is -0.497 e. The highest BCUT2D eigenvalue weighted by atomic mass is 16.5. The Hall–Kier alpha value is -3.93. The van der Waals surface area contributed by atoms with E-state index in [0.717, 1.165) is 38.7 Å². The number of nitrogens with zero attached hydrogens (tertiary/aromatic N) is 2. The summed E-state index contributed by atoms with van der Waals surface area (Å²) in [7, 11) is 3.07. The number of pyridine rings is 1. The van der Waals surface area contributed by atoms with Gasteiger partial charge in [-0.3, -0.25) is 9.59 Å². The van der Waals surface area contributed by atoms with Crippen molar-refractivity contribution in [1.82, 2.24) is 9.88 Å². The van der Waals surface area contributed by atoms with E-state index in [1.165, 1.54) is 7.11 Å². The summed E-state index contributed by atoms with van der Waals surface area (Å²) in [5, 5.41) is 2.98. The Kier molecular flexibility index (Phi) is 5.88. The molecule has 1 saturated heterocycles. The van der Waals surface area contributed by atoms with Crippen LogP contribution in [0.15, 0.2) is 66.7 Å². The maximum atomic E-state index is 13.6. The number of carbonyl (C=O) groups is 2. The molecule has 6 heteroatoms. The summed E-state index contributed by atoms with van der Waals surface area (Å²) in [5.41, 5.74) is 3.11. The first kappa shape index (κ1) is 21.9. The summed E-state index contributed by atoms with van der Waals surface area (Å²) in [6, 6.07) is 21.7. The zero-order chi connectivity index (χ0) is 23.7. The van der Waals surface area contributed by atoms with Crippen LogP contribution in [0.1, 0.15) is 23.2 Å². The van der Waals surface area contributed by atoms with E-state index in [-0.39, 0.29) is 17.8 Å². The van der Waals surface area contributed by atoms with E-state index in [0.29, 0.717) is 31.5 Å². The first-order chi connectivity index (χ1) is 16.6. The molecule has 5 rings (SSSR count). The number of benzene rings is 3. The van der Waals surface area contributed by atoms with Gasteiger partial charge in [-0.05, 0) is 53.9 Å². The second kappa shape index (κ2) is 9.14. The summed E-state index contributed by atoms with van der Waals surface area (Å²) >= 11 is 0. The van der Waals surface area contributed by atoms with Crippen molar-refractivity contribution in [1.29, 1.82) is 0 Å². The van der Waals surface area contributed by atoms with E-state index in [4.69, 9.17) is 14.5 Å². The monoisotopic (exact) mass is 454 g/mol. The van der Waals surface area contributed by atoms with Crippen molar-refractivity contribution >= 4 is 33.6 Å². The Morgan fingerprint density at radius 2 is 1.65 bits per heavy atom. The van der Waals surface area contributed by atoms with Gasteiger partial charge < -0.3 is 14.4 Å². The van der Waals surface area contributed by atoms with Gasteiger partial charge in [0.2, 0.25) is 0 Å². The molecule has 0 unspecified atom stereocenters. The van der Waals surface area contributed by atoms with Crippen LogP contribution in [0.5, 0.6) is 5.75 Å². The molecule has 34 heavy (non-hydrogen) atoms. The number of aromatic nitrogens is 1. The van der Waals surface area contributed by atoms with Gasteiger partial charge in [0.25, 0.3) is 5.91 Å². The number of esters is 1. The van der Waals surface area contributed by atoms with Crippen molar-refractivity contribution in [3.8, 4) is 17.0 Å². The molecule has 0 aliphatic carbocycles. The van der Waals surface area contributed by atoms with Gasteiger partial charge in [-0.2, -0.15) is 0 Å². The predicted molar refractivity (Wildman–Crippen MR) is 132 cm³/mol. The molecule has 6 nitrogen and oxygen atoms in total. The van der Waals surface area contributed by atoms with Crippen LogP contribution in [0, 0.1) is 5.92 Å². The van der Waals surface area contributed by atoms with E-state index in [2.05, 4.69) is 6.07 Å². The molecule has 1 aromatic heterocycles. The van der Waals surface area contributed by atoms with E-state index >= 15 is 0 Å². The quantitative estimate of drug-likeness (QED) is 0.402. The number of likely N-dealkylation sites (tertiary alicyclic amines) is 1. The molecule has 3 aromatic carbocycles. The van der Waals surface area contributed by atoms with Gasteiger partial charge in [0, 0.05) is 24.0 Å². The van der Waals surface area contributed by atoms with Crippen molar-refractivity contribution in [2.45, 2.75) is 12.8 Å². The number of hydrogen-bond acceptors (Lipinski definition) is 5. The molecule has 0 radical (unpaired) electrons. The molecule has 1 fully saturated rings. The van der Waals surface area contributed by atoms with Crippen LogP contribution in [0.2, 0.25) is 0 Å². The van der Waals surface area contributed by atoms with Crippen molar-refractivity contribution in [2.24, 2.45) is 5.92 Å². The molecule has 0 spiro atoms. The number of methoxy groups -OCH3 is 2. The number of rotatable bonds is 4. The highest BCUT2D eigenvalue weighted by Crippen LogP contribution is 2.30. The number of para-hydroxylation sites is 1. The minimum absolute atomic E-state index is 0.0336. The fourth-order valence-corrected chi connectivity index (χ4v) is 4.67. The smallest absolute Gasteiger partial charge is 0.308 e. The van der Waals surface area contributed by atoms with Crippen LogP contribution < -0.4 is 4.74 Å². The van der Waals surface area contributed by atoms with E-state index in [9.17, 15) is 9.59 Å². The predicted octanol–water partition coefficient (Wildman–Crippen LogP) is 5.09. The Morgan fingerprint density at radius 1 is 0.912 bits per heavy atom. The molecule has 0 saturated carbocycles. The summed E-state index contributed by atoms with van der Waals surface area (Å²) in [4.78, 5) is 32.2. The molecule has 172 valence electrons. The fraction of sp³-hybridized carbons (Fsp3) is 0.250. The highest BCUT2D eigenvalue weighted by molar-refractivity contribution is 6.07. The van der Waals surface area contributed by atoms with Crippen LogP contribution in [-0.2, 0) is 9.53 Å². The first-order valence-electron chi connectivity index (χ1n) is 11.4. The number of fused-ring (bicyclic) bond motifs is 2. The SMILES string of the molecule is COC(=O)C1CCN(C(=O)c2cc(-c3ccc4cc(OC)ccc4c3)nc3ccccc23)CC1. The number of ether oxygens (including phenoxy) is 2. The summed E-state index contributed by atoms with van der Waals surface area (Å²) in [6.45, 7) is 1.06. The molecular formula is C28H26N2O4. The molecular weight excluding hydrogens is 428 g/mol. The Labute approximate surface area is 198 Å². The van der Waals surface area contributed by atoms with Crippen molar-refractivity contribution in [3.05, 3.63) is 72.3 Å². The average Bonchev–Trinajstić information content (AvgIpc) is 2.91. The minimum atomic E-state index is -0.197. The number of carbonyl (C=O) groups excluding carboxylic acids is 2. The number of piperidine rings is 1. The summed E-state index contributed by atoms with van der Waals surface area (Å²) in [6.07, 6.45) is 1.23. The van der Waals surface area contributed by atoms with Crippen molar-refractivity contribution in [3.63, 3.8) is 0 Å². The third-order valence-electron chi connectivity index (χ3n) is 6.61. The lowest BCUT2D eigenvalue weighted by Gasteiger charge is -2.31. The van der Waals surface area contributed by atoms with Crippen molar-refractivity contribution < 1.29 is 19.1 Å². The van der Waals surface area contributed by atoms with Gasteiger partial charge in [0.05, 0.1) is 36.9 Å². The molecule has 1 amide bonds. The lowest BCUT2D eigenvalue weighted by Crippen LogP contribution is -2.40.